The van der Waals surface area contributed by atoms with E-state index in [1.807, 2.05) is 39.8 Å². The molecule has 1 atom stereocenters. The molecule has 1 amide bonds. The molecular weight excluding hydrogens is 288 g/mol. The molecule has 4 nitrogen and oxygen atoms in total. The van der Waals surface area contributed by atoms with Gasteiger partial charge in [0.05, 0.1) is 12.6 Å². The lowest BCUT2D eigenvalue weighted by molar-refractivity contribution is -0.124. The van der Waals surface area contributed by atoms with E-state index >= 15 is 0 Å². The normalized spacial score (nSPS) is 15.3. The minimum absolute atomic E-state index is 0.0120. The molecule has 116 valence electrons. The highest BCUT2D eigenvalue weighted by atomic mass is 35.5. The van der Waals surface area contributed by atoms with Crippen molar-refractivity contribution in [1.82, 2.24) is 10.6 Å². The minimum Gasteiger partial charge on any atom is -0.493 e. The second-order valence-electron chi connectivity index (χ2n) is 6.49. The van der Waals surface area contributed by atoms with Crippen molar-refractivity contribution in [3.8, 4) is 5.75 Å². The number of rotatable bonds is 4. The molecule has 0 aliphatic carbocycles. The maximum absolute atomic E-state index is 12.0. The number of carbonyl (C=O) groups excluding carboxylic acids is 1. The summed E-state index contributed by atoms with van der Waals surface area (Å²) in [4.78, 5) is 12.0. The number of nitrogens with one attached hydrogen (secondary N) is 2. The number of halogens is 1. The molecule has 0 bridgehead atoms. The Morgan fingerprint density at radius 2 is 2.14 bits per heavy atom. The Morgan fingerprint density at radius 1 is 1.43 bits per heavy atom. The van der Waals surface area contributed by atoms with Crippen molar-refractivity contribution in [1.29, 1.82) is 0 Å². The van der Waals surface area contributed by atoms with Crippen LogP contribution in [0.1, 0.15) is 38.8 Å². The maximum Gasteiger partial charge on any atom is 0.237 e. The van der Waals surface area contributed by atoms with Gasteiger partial charge in [0, 0.05) is 29.1 Å². The van der Waals surface area contributed by atoms with E-state index in [0.29, 0.717) is 18.2 Å². The summed E-state index contributed by atoms with van der Waals surface area (Å²) in [7, 11) is 0. The molecule has 1 aromatic rings. The highest BCUT2D eigenvalue weighted by molar-refractivity contribution is 6.30. The first-order valence-corrected chi connectivity index (χ1v) is 7.63. The van der Waals surface area contributed by atoms with Crippen LogP contribution >= 0.6 is 11.6 Å². The zero-order valence-corrected chi connectivity index (χ0v) is 13.8. The fourth-order valence-electron chi connectivity index (χ4n) is 2.31. The number of hydrogen-bond donors (Lipinski definition) is 2. The van der Waals surface area contributed by atoms with Gasteiger partial charge in [-0.3, -0.25) is 4.79 Å². The van der Waals surface area contributed by atoms with Gasteiger partial charge >= 0.3 is 0 Å². The van der Waals surface area contributed by atoms with E-state index in [9.17, 15) is 4.79 Å². The lowest BCUT2D eigenvalue weighted by atomic mass is 10.1. The Bertz CT molecular complexity index is 538. The van der Waals surface area contributed by atoms with E-state index in [2.05, 4.69) is 10.6 Å². The van der Waals surface area contributed by atoms with Crippen LogP contribution in [0.2, 0.25) is 5.02 Å². The lowest BCUT2D eigenvalue weighted by Gasteiger charge is -2.24. The third-order valence-electron chi connectivity index (χ3n) is 3.32. The molecule has 0 radical (unpaired) electrons. The summed E-state index contributed by atoms with van der Waals surface area (Å²) in [6.45, 7) is 9.01. The van der Waals surface area contributed by atoms with Crippen LogP contribution in [0.3, 0.4) is 0 Å². The molecule has 1 unspecified atom stereocenters. The van der Waals surface area contributed by atoms with Crippen LogP contribution < -0.4 is 15.4 Å². The minimum atomic E-state index is -0.278. The monoisotopic (exact) mass is 310 g/mol. The Balaban J connectivity index is 1.99. The van der Waals surface area contributed by atoms with Crippen molar-refractivity contribution in [2.45, 2.75) is 52.2 Å². The molecule has 2 N–H and O–H groups in total. The molecule has 21 heavy (non-hydrogen) atoms. The summed E-state index contributed by atoms with van der Waals surface area (Å²) in [6, 6.07) is 3.57. The van der Waals surface area contributed by atoms with Crippen molar-refractivity contribution in [2.75, 3.05) is 6.61 Å². The standard InChI is InChI=1S/C16H23ClN2O2/c1-10(15(20)19-16(2,3)4)18-9-12-8-13(17)7-11-5-6-21-14(11)12/h7-8,10,18H,5-6,9H2,1-4H3,(H,19,20). The average Bonchev–Trinajstić information content (AvgIpc) is 2.81. The quantitative estimate of drug-likeness (QED) is 0.899. The summed E-state index contributed by atoms with van der Waals surface area (Å²) in [5.74, 6) is 0.900. The molecule has 0 aromatic heterocycles. The number of carbonyl (C=O) groups is 1. The number of amides is 1. The van der Waals surface area contributed by atoms with Gasteiger partial charge in [-0.05, 0) is 45.4 Å². The van der Waals surface area contributed by atoms with Gasteiger partial charge in [0.2, 0.25) is 5.91 Å². The highest BCUT2D eigenvalue weighted by Crippen LogP contribution is 2.32. The first kappa shape index (κ1) is 16.1. The zero-order chi connectivity index (χ0) is 15.6. The molecular formula is C16H23ClN2O2. The van der Waals surface area contributed by atoms with Gasteiger partial charge in [-0.2, -0.15) is 0 Å². The summed E-state index contributed by atoms with van der Waals surface area (Å²) < 4.78 is 5.66. The Hall–Kier alpha value is -1.26. The first-order chi connectivity index (χ1) is 9.76. The van der Waals surface area contributed by atoms with Crippen molar-refractivity contribution in [3.63, 3.8) is 0 Å². The van der Waals surface area contributed by atoms with E-state index in [0.717, 1.165) is 23.3 Å². The van der Waals surface area contributed by atoms with Gasteiger partial charge < -0.3 is 15.4 Å². The van der Waals surface area contributed by atoms with Gasteiger partial charge in [-0.25, -0.2) is 0 Å². The molecule has 1 aromatic carbocycles. The largest absolute Gasteiger partial charge is 0.493 e. The second kappa shape index (κ2) is 6.24. The van der Waals surface area contributed by atoms with Crippen LogP contribution in [0.15, 0.2) is 12.1 Å². The Labute approximate surface area is 131 Å². The Kier molecular flexibility index (Phi) is 4.79. The van der Waals surface area contributed by atoms with Gasteiger partial charge in [-0.15, -0.1) is 0 Å². The van der Waals surface area contributed by atoms with E-state index < -0.39 is 0 Å². The third-order valence-corrected chi connectivity index (χ3v) is 3.53. The molecule has 0 saturated heterocycles. The summed E-state index contributed by atoms with van der Waals surface area (Å²) in [5, 5.41) is 6.90. The summed E-state index contributed by atoms with van der Waals surface area (Å²) in [5.41, 5.74) is 1.92. The molecule has 0 spiro atoms. The molecule has 1 heterocycles. The predicted octanol–water partition coefficient (Wildman–Crippen LogP) is 2.67. The Morgan fingerprint density at radius 3 is 2.81 bits per heavy atom. The van der Waals surface area contributed by atoms with Gasteiger partial charge in [0.1, 0.15) is 5.75 Å². The van der Waals surface area contributed by atoms with E-state index in [-0.39, 0.29) is 17.5 Å². The van der Waals surface area contributed by atoms with Crippen molar-refractivity contribution in [2.24, 2.45) is 0 Å². The molecule has 1 aliphatic heterocycles. The number of hydrogen-bond acceptors (Lipinski definition) is 3. The van der Waals surface area contributed by atoms with Crippen LogP contribution in [-0.2, 0) is 17.8 Å². The maximum atomic E-state index is 12.0. The highest BCUT2D eigenvalue weighted by Gasteiger charge is 2.21. The fraction of sp³-hybridized carbons (Fsp3) is 0.562. The zero-order valence-electron chi connectivity index (χ0n) is 13.0. The second-order valence-corrected chi connectivity index (χ2v) is 6.93. The molecule has 0 saturated carbocycles. The molecule has 5 heteroatoms. The van der Waals surface area contributed by atoms with Crippen molar-refractivity contribution < 1.29 is 9.53 Å². The van der Waals surface area contributed by atoms with E-state index in [4.69, 9.17) is 16.3 Å². The SMILES string of the molecule is CC(NCc1cc(Cl)cc2c1OCC2)C(=O)NC(C)(C)C. The van der Waals surface area contributed by atoms with Crippen LogP contribution in [0, 0.1) is 0 Å². The predicted molar refractivity (Wildman–Crippen MR) is 84.8 cm³/mol. The molecule has 1 aliphatic rings. The van der Waals surface area contributed by atoms with Crippen LogP contribution in [0.5, 0.6) is 5.75 Å². The first-order valence-electron chi connectivity index (χ1n) is 7.26. The number of ether oxygens (including phenoxy) is 1. The van der Waals surface area contributed by atoms with E-state index in [1.54, 1.807) is 0 Å². The van der Waals surface area contributed by atoms with Crippen LogP contribution in [0.25, 0.3) is 0 Å². The topological polar surface area (TPSA) is 50.4 Å². The van der Waals surface area contributed by atoms with Crippen molar-refractivity contribution in [3.05, 3.63) is 28.3 Å². The summed E-state index contributed by atoms with van der Waals surface area (Å²) in [6.07, 6.45) is 0.892. The smallest absolute Gasteiger partial charge is 0.237 e. The number of benzene rings is 1. The molecule has 2 rings (SSSR count). The van der Waals surface area contributed by atoms with Gasteiger partial charge in [0.25, 0.3) is 0 Å². The third kappa shape index (κ3) is 4.35. The lowest BCUT2D eigenvalue weighted by Crippen LogP contribution is -2.49. The van der Waals surface area contributed by atoms with Crippen LogP contribution in [0.4, 0.5) is 0 Å². The van der Waals surface area contributed by atoms with Crippen LogP contribution in [-0.4, -0.2) is 24.1 Å². The van der Waals surface area contributed by atoms with Gasteiger partial charge in [0.15, 0.2) is 0 Å². The average molecular weight is 311 g/mol. The van der Waals surface area contributed by atoms with Gasteiger partial charge in [-0.1, -0.05) is 11.6 Å². The molecule has 0 fully saturated rings. The van der Waals surface area contributed by atoms with E-state index in [1.165, 1.54) is 0 Å². The fourth-order valence-corrected chi connectivity index (χ4v) is 2.57. The van der Waals surface area contributed by atoms with Crippen molar-refractivity contribution >= 4 is 17.5 Å². The number of fused-ring (bicyclic) bond motifs is 1. The summed E-state index contributed by atoms with van der Waals surface area (Å²) >= 11 is 6.13.